The summed E-state index contributed by atoms with van der Waals surface area (Å²) in [5, 5.41) is 5.82. The van der Waals surface area contributed by atoms with Crippen molar-refractivity contribution in [2.24, 2.45) is 0 Å². The van der Waals surface area contributed by atoms with E-state index in [0.29, 0.717) is 6.54 Å². The van der Waals surface area contributed by atoms with Gasteiger partial charge < -0.3 is 10.4 Å². The molecule has 0 heterocycles. The van der Waals surface area contributed by atoms with Crippen molar-refractivity contribution in [3.8, 4) is 0 Å². The highest BCUT2D eigenvalue weighted by atomic mass is 31.0. The molecule has 0 saturated heterocycles. The van der Waals surface area contributed by atoms with E-state index in [4.69, 9.17) is 0 Å². The minimum absolute atomic E-state index is 0.0904. The molecule has 0 aromatic heterocycles. The monoisotopic (exact) mass is 250 g/mol. The van der Waals surface area contributed by atoms with Crippen molar-refractivity contribution in [1.82, 2.24) is 0 Å². The smallest absolute Gasteiger partial charge is 0.385 e. The number of rotatable bonds is 5. The normalized spacial score (nSPS) is 11.2. The maximum atomic E-state index is 11.8. The van der Waals surface area contributed by atoms with Crippen molar-refractivity contribution < 1.29 is 13.2 Å². The fourth-order valence-corrected chi connectivity index (χ4v) is 1.40. The Labute approximate surface area is 94.9 Å². The summed E-state index contributed by atoms with van der Waals surface area (Å²) < 4.78 is 35.5. The summed E-state index contributed by atoms with van der Waals surface area (Å²) in [4.78, 5) is 0. The third kappa shape index (κ3) is 5.21. The van der Waals surface area contributed by atoms with Crippen LogP contribution in [0.4, 0.5) is 24.5 Å². The van der Waals surface area contributed by atoms with Gasteiger partial charge in [0, 0.05) is 24.3 Å². The van der Waals surface area contributed by atoms with Gasteiger partial charge >= 0.3 is 6.18 Å². The second-order valence-electron chi connectivity index (χ2n) is 3.37. The van der Waals surface area contributed by atoms with Gasteiger partial charge in [0.05, 0.1) is 0 Å². The van der Waals surface area contributed by atoms with Crippen LogP contribution in [-0.2, 0) is 0 Å². The van der Waals surface area contributed by atoms with E-state index in [0.717, 1.165) is 11.4 Å². The largest absolute Gasteiger partial charge is 0.389 e. The molecule has 16 heavy (non-hydrogen) atoms. The molecule has 0 bridgehead atoms. The molecule has 1 aromatic carbocycles. The molecule has 1 unspecified atom stereocenters. The van der Waals surface area contributed by atoms with E-state index >= 15 is 0 Å². The minimum atomic E-state index is -4.06. The van der Waals surface area contributed by atoms with Crippen LogP contribution in [0.5, 0.6) is 0 Å². The average Bonchev–Trinajstić information content (AvgIpc) is 2.24. The Morgan fingerprint density at radius 2 is 1.62 bits per heavy atom. The molecular formula is C10H14F3N2P. The molecule has 0 saturated carbocycles. The highest BCUT2D eigenvalue weighted by Gasteiger charge is 2.25. The lowest BCUT2D eigenvalue weighted by Gasteiger charge is -2.08. The van der Waals surface area contributed by atoms with Crippen LogP contribution < -0.4 is 10.4 Å². The van der Waals surface area contributed by atoms with Crippen LogP contribution in [0.2, 0.25) is 0 Å². The zero-order valence-corrected chi connectivity index (χ0v) is 9.80. The van der Waals surface area contributed by atoms with Gasteiger partial charge in [-0.05, 0) is 40.1 Å². The second kappa shape index (κ2) is 5.94. The molecule has 0 amide bonds. The van der Waals surface area contributed by atoms with Crippen LogP contribution in [-0.4, -0.2) is 12.7 Å². The summed E-state index contributed by atoms with van der Waals surface area (Å²) in [5.74, 6) is 0. The highest BCUT2D eigenvalue weighted by molar-refractivity contribution is 7.18. The molecule has 90 valence electrons. The van der Waals surface area contributed by atoms with Crippen molar-refractivity contribution in [2.45, 2.75) is 19.0 Å². The number of hydrogen-bond donors (Lipinski definition) is 2. The predicted molar refractivity (Wildman–Crippen MR) is 63.6 cm³/mol. The molecular weight excluding hydrogens is 236 g/mol. The number of hydrogen-bond acceptors (Lipinski definition) is 2. The van der Waals surface area contributed by atoms with Crippen LogP contribution >= 0.6 is 9.39 Å². The molecule has 2 nitrogen and oxygen atoms in total. The van der Waals surface area contributed by atoms with Crippen molar-refractivity contribution in [2.75, 3.05) is 16.9 Å². The molecule has 1 aromatic rings. The molecule has 6 heteroatoms. The lowest BCUT2D eigenvalue weighted by atomic mass is 10.2. The molecule has 1 atom stereocenters. The second-order valence-corrected chi connectivity index (χ2v) is 3.66. The Morgan fingerprint density at radius 1 is 1.06 bits per heavy atom. The van der Waals surface area contributed by atoms with Crippen LogP contribution in [0.25, 0.3) is 0 Å². The summed E-state index contributed by atoms with van der Waals surface area (Å²) >= 11 is 0. The lowest BCUT2D eigenvalue weighted by Crippen LogP contribution is -2.10. The third-order valence-corrected chi connectivity index (χ3v) is 2.35. The van der Waals surface area contributed by atoms with Crippen LogP contribution in [0, 0.1) is 0 Å². The fourth-order valence-electron chi connectivity index (χ4n) is 1.21. The maximum Gasteiger partial charge on any atom is 0.389 e. The standard InChI is InChI=1S/C10H14F3N2P/c11-10(12,13)6-1-7-14-8-2-4-9(15-16)5-3-8/h2-5,14-15H,1,6-7,16H2. The Balaban J connectivity index is 2.27. The van der Waals surface area contributed by atoms with Crippen LogP contribution in [0.15, 0.2) is 24.3 Å². The van der Waals surface area contributed by atoms with Gasteiger partial charge in [0.1, 0.15) is 0 Å². The number of halogens is 3. The Hall–Kier alpha value is -0.960. The van der Waals surface area contributed by atoms with Crippen molar-refractivity contribution >= 4 is 20.8 Å². The summed E-state index contributed by atoms with van der Waals surface area (Å²) in [6.07, 6.45) is -4.72. The first kappa shape index (κ1) is 13.1. The van der Waals surface area contributed by atoms with Crippen molar-refractivity contribution in [3.63, 3.8) is 0 Å². The summed E-state index contributed by atoms with van der Waals surface area (Å²) in [7, 11) is 2.37. The van der Waals surface area contributed by atoms with Gasteiger partial charge in [-0.2, -0.15) is 13.2 Å². The predicted octanol–water partition coefficient (Wildman–Crippen LogP) is 3.64. The SMILES string of the molecule is FC(F)(F)CCCNc1ccc(NP)cc1. The Kier molecular flexibility index (Phi) is 4.87. The Bertz CT molecular complexity index is 311. The van der Waals surface area contributed by atoms with Crippen molar-refractivity contribution in [3.05, 3.63) is 24.3 Å². The first-order valence-corrected chi connectivity index (χ1v) is 5.46. The maximum absolute atomic E-state index is 11.8. The zero-order chi connectivity index (χ0) is 12.0. The first-order chi connectivity index (χ1) is 7.51. The molecule has 1 rings (SSSR count). The topological polar surface area (TPSA) is 24.1 Å². The minimum Gasteiger partial charge on any atom is -0.385 e. The van der Waals surface area contributed by atoms with Gasteiger partial charge in [-0.25, -0.2) is 0 Å². The van der Waals surface area contributed by atoms with E-state index in [-0.39, 0.29) is 6.42 Å². The van der Waals surface area contributed by atoms with E-state index in [1.807, 2.05) is 24.3 Å². The molecule has 0 fully saturated rings. The molecule has 0 radical (unpaired) electrons. The third-order valence-electron chi connectivity index (χ3n) is 2.02. The van der Waals surface area contributed by atoms with E-state index in [9.17, 15) is 13.2 Å². The van der Waals surface area contributed by atoms with E-state index in [1.54, 1.807) is 0 Å². The van der Waals surface area contributed by atoms with Gasteiger partial charge in [0.2, 0.25) is 0 Å². The lowest BCUT2D eigenvalue weighted by molar-refractivity contribution is -0.134. The molecule has 0 aliphatic heterocycles. The molecule has 0 aliphatic rings. The van der Waals surface area contributed by atoms with Gasteiger partial charge in [0.25, 0.3) is 0 Å². The Morgan fingerprint density at radius 3 is 2.12 bits per heavy atom. The van der Waals surface area contributed by atoms with Gasteiger partial charge in [-0.3, -0.25) is 0 Å². The molecule has 0 spiro atoms. The summed E-state index contributed by atoms with van der Waals surface area (Å²) in [6, 6.07) is 7.33. The van der Waals surface area contributed by atoms with E-state index in [1.165, 1.54) is 0 Å². The molecule has 2 N–H and O–H groups in total. The van der Waals surface area contributed by atoms with Crippen molar-refractivity contribution in [1.29, 1.82) is 0 Å². The highest BCUT2D eigenvalue weighted by Crippen LogP contribution is 2.21. The molecule has 0 aliphatic carbocycles. The van der Waals surface area contributed by atoms with Crippen LogP contribution in [0.1, 0.15) is 12.8 Å². The van der Waals surface area contributed by atoms with Gasteiger partial charge in [-0.15, -0.1) is 0 Å². The van der Waals surface area contributed by atoms with E-state index < -0.39 is 12.6 Å². The average molecular weight is 250 g/mol. The number of alkyl halides is 3. The van der Waals surface area contributed by atoms with Gasteiger partial charge in [-0.1, -0.05) is 0 Å². The van der Waals surface area contributed by atoms with Crippen LogP contribution in [0.3, 0.4) is 0 Å². The quantitative estimate of drug-likeness (QED) is 0.615. The number of nitrogens with one attached hydrogen (secondary N) is 2. The van der Waals surface area contributed by atoms with E-state index in [2.05, 4.69) is 19.8 Å². The fraction of sp³-hybridized carbons (Fsp3) is 0.400. The first-order valence-electron chi connectivity index (χ1n) is 4.88. The summed E-state index contributed by atoms with van der Waals surface area (Å²) in [5.41, 5.74) is 1.76. The number of benzene rings is 1. The van der Waals surface area contributed by atoms with Gasteiger partial charge in [0.15, 0.2) is 0 Å². The summed E-state index contributed by atoms with van der Waals surface area (Å²) in [6.45, 7) is 0.327. The zero-order valence-electron chi connectivity index (χ0n) is 8.64. The number of anilines is 2.